The van der Waals surface area contributed by atoms with E-state index in [1.807, 2.05) is 24.3 Å². The van der Waals surface area contributed by atoms with Gasteiger partial charge in [0, 0.05) is 22.4 Å². The lowest BCUT2D eigenvalue weighted by Gasteiger charge is -2.02. The third-order valence-corrected chi connectivity index (χ3v) is 3.53. The van der Waals surface area contributed by atoms with Crippen LogP contribution in [0.25, 0.3) is 22.2 Å². The molecular formula is C11H6BrN3S. The number of rotatable bonds is 1. The van der Waals surface area contributed by atoms with E-state index in [4.69, 9.17) is 0 Å². The second kappa shape index (κ2) is 3.92. The summed E-state index contributed by atoms with van der Waals surface area (Å²) in [4.78, 5) is 4.01. The summed E-state index contributed by atoms with van der Waals surface area (Å²) in [6, 6.07) is 7.99. The fraction of sp³-hybridized carbons (Fsp3) is 0. The van der Waals surface area contributed by atoms with Gasteiger partial charge < -0.3 is 0 Å². The van der Waals surface area contributed by atoms with Crippen molar-refractivity contribution < 1.29 is 0 Å². The number of pyridine rings is 1. The molecule has 0 radical (unpaired) electrons. The Morgan fingerprint density at radius 2 is 1.69 bits per heavy atom. The standard InChI is InChI=1S/C11H6BrN3S/c12-9-2-1-8(7-3-5-13-6-4-7)10-11(9)15-16-14-10/h1-6H. The molecule has 0 aliphatic heterocycles. The molecule has 0 aliphatic carbocycles. The Bertz CT molecular complexity index is 636. The minimum atomic E-state index is 0.916. The number of halogens is 1. The molecule has 0 saturated heterocycles. The minimum absolute atomic E-state index is 0.916. The lowest BCUT2D eigenvalue weighted by molar-refractivity contribution is 1.33. The molecule has 0 bridgehead atoms. The van der Waals surface area contributed by atoms with E-state index in [2.05, 4.69) is 29.7 Å². The molecule has 2 aromatic heterocycles. The van der Waals surface area contributed by atoms with Crippen LogP contribution in [0.2, 0.25) is 0 Å². The van der Waals surface area contributed by atoms with Gasteiger partial charge >= 0.3 is 0 Å². The van der Waals surface area contributed by atoms with Crippen molar-refractivity contribution in [1.82, 2.24) is 13.7 Å². The van der Waals surface area contributed by atoms with Crippen LogP contribution in [0.4, 0.5) is 0 Å². The van der Waals surface area contributed by atoms with Crippen LogP contribution < -0.4 is 0 Å². The second-order valence-corrected chi connectivity index (χ2v) is 4.68. The molecule has 16 heavy (non-hydrogen) atoms. The zero-order valence-electron chi connectivity index (χ0n) is 8.09. The van der Waals surface area contributed by atoms with E-state index in [1.54, 1.807) is 12.4 Å². The van der Waals surface area contributed by atoms with Crippen LogP contribution >= 0.6 is 27.7 Å². The average Bonchev–Trinajstić information content (AvgIpc) is 2.81. The molecule has 3 nitrogen and oxygen atoms in total. The number of fused-ring (bicyclic) bond motifs is 1. The molecule has 78 valence electrons. The quantitative estimate of drug-likeness (QED) is 0.689. The van der Waals surface area contributed by atoms with Gasteiger partial charge in [-0.1, -0.05) is 6.07 Å². The summed E-state index contributed by atoms with van der Waals surface area (Å²) >= 11 is 4.70. The van der Waals surface area contributed by atoms with Crippen LogP contribution in [0.1, 0.15) is 0 Å². The Labute approximate surface area is 105 Å². The number of hydrogen-bond acceptors (Lipinski definition) is 4. The number of aromatic nitrogens is 3. The Kier molecular flexibility index (Phi) is 2.41. The monoisotopic (exact) mass is 291 g/mol. The van der Waals surface area contributed by atoms with Gasteiger partial charge in [-0.3, -0.25) is 4.98 Å². The molecule has 3 aromatic rings. The first-order valence-electron chi connectivity index (χ1n) is 4.67. The maximum atomic E-state index is 4.34. The van der Waals surface area contributed by atoms with E-state index in [9.17, 15) is 0 Å². The van der Waals surface area contributed by atoms with E-state index in [1.165, 1.54) is 11.7 Å². The van der Waals surface area contributed by atoms with Crippen molar-refractivity contribution in [3.63, 3.8) is 0 Å². The number of hydrogen-bond donors (Lipinski definition) is 0. The van der Waals surface area contributed by atoms with Gasteiger partial charge in [0.05, 0.1) is 11.7 Å². The van der Waals surface area contributed by atoms with E-state index in [0.29, 0.717) is 0 Å². The average molecular weight is 292 g/mol. The van der Waals surface area contributed by atoms with Gasteiger partial charge in [-0.2, -0.15) is 8.75 Å². The summed E-state index contributed by atoms with van der Waals surface area (Å²) in [5, 5.41) is 0. The summed E-state index contributed by atoms with van der Waals surface area (Å²) < 4.78 is 9.59. The van der Waals surface area contributed by atoms with E-state index in [-0.39, 0.29) is 0 Å². The molecule has 0 atom stereocenters. The molecule has 2 heterocycles. The van der Waals surface area contributed by atoms with Gasteiger partial charge in [-0.25, -0.2) is 0 Å². The molecule has 0 spiro atoms. The lowest BCUT2D eigenvalue weighted by atomic mass is 10.1. The fourth-order valence-corrected chi connectivity index (χ4v) is 2.70. The van der Waals surface area contributed by atoms with Gasteiger partial charge in [0.25, 0.3) is 0 Å². The predicted molar refractivity (Wildman–Crippen MR) is 68.3 cm³/mol. The highest BCUT2D eigenvalue weighted by molar-refractivity contribution is 9.10. The SMILES string of the molecule is Brc1ccc(-c2ccncc2)c2nsnc12. The van der Waals surface area contributed by atoms with Crippen molar-refractivity contribution in [1.29, 1.82) is 0 Å². The summed E-state index contributed by atoms with van der Waals surface area (Å²) in [5.74, 6) is 0. The third-order valence-electron chi connectivity index (χ3n) is 2.36. The van der Waals surface area contributed by atoms with Gasteiger partial charge in [0.1, 0.15) is 11.0 Å². The van der Waals surface area contributed by atoms with Crippen LogP contribution in [0.15, 0.2) is 41.1 Å². The van der Waals surface area contributed by atoms with E-state index in [0.717, 1.165) is 26.6 Å². The maximum absolute atomic E-state index is 4.34. The normalized spacial score (nSPS) is 10.8. The van der Waals surface area contributed by atoms with Crippen LogP contribution in [0.3, 0.4) is 0 Å². The summed E-state index contributed by atoms with van der Waals surface area (Å²) in [6.45, 7) is 0. The Balaban J connectivity index is 2.33. The van der Waals surface area contributed by atoms with E-state index >= 15 is 0 Å². The van der Waals surface area contributed by atoms with Crippen LogP contribution in [-0.2, 0) is 0 Å². The number of nitrogens with zero attached hydrogens (tertiary/aromatic N) is 3. The topological polar surface area (TPSA) is 38.7 Å². The van der Waals surface area contributed by atoms with Crippen LogP contribution in [0.5, 0.6) is 0 Å². The van der Waals surface area contributed by atoms with Crippen LogP contribution in [-0.4, -0.2) is 13.7 Å². The molecule has 5 heteroatoms. The summed E-state index contributed by atoms with van der Waals surface area (Å²) in [6.07, 6.45) is 3.56. The highest BCUT2D eigenvalue weighted by Gasteiger charge is 2.09. The van der Waals surface area contributed by atoms with E-state index < -0.39 is 0 Å². The highest BCUT2D eigenvalue weighted by atomic mass is 79.9. The first-order valence-corrected chi connectivity index (χ1v) is 6.20. The van der Waals surface area contributed by atoms with Gasteiger partial charge in [0.2, 0.25) is 0 Å². The molecule has 0 amide bonds. The molecule has 0 aliphatic rings. The summed E-state index contributed by atoms with van der Waals surface area (Å²) in [5.41, 5.74) is 4.06. The van der Waals surface area contributed by atoms with Crippen molar-refractivity contribution in [3.05, 3.63) is 41.1 Å². The van der Waals surface area contributed by atoms with Crippen molar-refractivity contribution in [2.75, 3.05) is 0 Å². The highest BCUT2D eigenvalue weighted by Crippen LogP contribution is 2.31. The fourth-order valence-electron chi connectivity index (χ4n) is 1.60. The Morgan fingerprint density at radius 3 is 2.50 bits per heavy atom. The smallest absolute Gasteiger partial charge is 0.119 e. The van der Waals surface area contributed by atoms with Crippen molar-refractivity contribution in [2.24, 2.45) is 0 Å². The molecule has 0 fully saturated rings. The molecule has 0 saturated carbocycles. The Morgan fingerprint density at radius 1 is 0.938 bits per heavy atom. The lowest BCUT2D eigenvalue weighted by Crippen LogP contribution is -1.82. The van der Waals surface area contributed by atoms with Crippen molar-refractivity contribution >= 4 is 38.7 Å². The molecule has 1 aromatic carbocycles. The molecular weight excluding hydrogens is 286 g/mol. The summed E-state index contributed by atoms with van der Waals surface area (Å²) in [7, 11) is 0. The zero-order chi connectivity index (χ0) is 11.0. The number of benzene rings is 1. The van der Waals surface area contributed by atoms with Gasteiger partial charge in [-0.05, 0) is 39.7 Å². The first-order chi connectivity index (χ1) is 7.86. The second-order valence-electron chi connectivity index (χ2n) is 3.29. The largest absolute Gasteiger partial charge is 0.265 e. The van der Waals surface area contributed by atoms with Crippen LogP contribution in [0, 0.1) is 0 Å². The third kappa shape index (κ3) is 1.52. The molecule has 0 N–H and O–H groups in total. The first kappa shape index (κ1) is 9.86. The maximum Gasteiger partial charge on any atom is 0.119 e. The molecule has 0 unspecified atom stereocenters. The molecule has 3 rings (SSSR count). The predicted octanol–water partition coefficient (Wildman–Crippen LogP) is 3.52. The van der Waals surface area contributed by atoms with Crippen molar-refractivity contribution in [2.45, 2.75) is 0 Å². The zero-order valence-corrected chi connectivity index (χ0v) is 10.5. The van der Waals surface area contributed by atoms with Crippen molar-refractivity contribution in [3.8, 4) is 11.1 Å². The van der Waals surface area contributed by atoms with Gasteiger partial charge in [-0.15, -0.1) is 0 Å². The minimum Gasteiger partial charge on any atom is -0.265 e. The Hall–Kier alpha value is -1.33. The van der Waals surface area contributed by atoms with Gasteiger partial charge in [0.15, 0.2) is 0 Å².